The van der Waals surface area contributed by atoms with Crippen LogP contribution in [0.25, 0.3) is 0 Å². The van der Waals surface area contributed by atoms with Crippen molar-refractivity contribution in [1.82, 2.24) is 0 Å². The Balaban J connectivity index is 1.78. The van der Waals surface area contributed by atoms with E-state index in [0.717, 1.165) is 5.56 Å². The van der Waals surface area contributed by atoms with Gasteiger partial charge in [-0.2, -0.15) is 0 Å². The lowest BCUT2D eigenvalue weighted by molar-refractivity contribution is 0.102. The minimum atomic E-state index is -3.77. The quantitative estimate of drug-likeness (QED) is 0.651. The summed E-state index contributed by atoms with van der Waals surface area (Å²) in [5.74, 6) is -0.337. The maximum absolute atomic E-state index is 12.5. The lowest BCUT2D eigenvalue weighted by Gasteiger charge is -2.11. The van der Waals surface area contributed by atoms with Gasteiger partial charge in [0, 0.05) is 11.3 Å². The molecule has 0 unspecified atom stereocenters. The number of nitrogens with one attached hydrogen (secondary N) is 2. The highest BCUT2D eigenvalue weighted by molar-refractivity contribution is 7.92. The van der Waals surface area contributed by atoms with Crippen molar-refractivity contribution in [2.24, 2.45) is 0 Å². The third kappa shape index (κ3) is 4.67. The molecule has 1 amide bonds. The van der Waals surface area contributed by atoms with Gasteiger partial charge in [-0.05, 0) is 49.4 Å². The van der Waals surface area contributed by atoms with Crippen molar-refractivity contribution < 1.29 is 13.2 Å². The number of aryl methyl sites for hydroxylation is 1. The van der Waals surface area contributed by atoms with Crippen LogP contribution in [0.3, 0.4) is 0 Å². The number of hydrogen-bond acceptors (Lipinski definition) is 3. The molecule has 27 heavy (non-hydrogen) atoms. The van der Waals surface area contributed by atoms with Crippen LogP contribution in [0.5, 0.6) is 0 Å². The molecule has 0 radical (unpaired) electrons. The van der Waals surface area contributed by atoms with Gasteiger partial charge >= 0.3 is 0 Å². The second-order valence-corrected chi connectivity index (χ2v) is 8.02. The number of sulfonamides is 1. The van der Waals surface area contributed by atoms with Crippen molar-refractivity contribution in [3.8, 4) is 0 Å². The minimum absolute atomic E-state index is 0.131. The monoisotopic (exact) mass is 400 g/mol. The van der Waals surface area contributed by atoms with Gasteiger partial charge < -0.3 is 5.32 Å². The summed E-state index contributed by atoms with van der Waals surface area (Å²) < 4.78 is 27.4. The van der Waals surface area contributed by atoms with Crippen molar-refractivity contribution in [2.75, 3.05) is 10.0 Å². The lowest BCUT2D eigenvalue weighted by Crippen LogP contribution is -2.14. The summed E-state index contributed by atoms with van der Waals surface area (Å²) in [6, 6.07) is 19.9. The van der Waals surface area contributed by atoms with Crippen LogP contribution >= 0.6 is 11.6 Å². The molecule has 7 heteroatoms. The summed E-state index contributed by atoms with van der Waals surface area (Å²) in [4.78, 5) is 12.4. The molecule has 3 aromatic carbocycles. The zero-order valence-corrected chi connectivity index (χ0v) is 16.0. The molecule has 0 aliphatic heterocycles. The van der Waals surface area contributed by atoms with Gasteiger partial charge in [-0.3, -0.25) is 9.52 Å². The van der Waals surface area contributed by atoms with Gasteiger partial charge in [0.2, 0.25) is 0 Å². The van der Waals surface area contributed by atoms with Gasteiger partial charge in [0.05, 0.1) is 15.6 Å². The second-order valence-electron chi connectivity index (χ2n) is 5.93. The van der Waals surface area contributed by atoms with Gasteiger partial charge in [0.1, 0.15) is 0 Å². The van der Waals surface area contributed by atoms with Crippen LogP contribution in [0, 0.1) is 6.92 Å². The number of halogens is 1. The van der Waals surface area contributed by atoms with Crippen LogP contribution in [0.2, 0.25) is 5.02 Å². The van der Waals surface area contributed by atoms with Crippen molar-refractivity contribution in [2.45, 2.75) is 11.8 Å². The van der Waals surface area contributed by atoms with Crippen LogP contribution < -0.4 is 10.0 Å². The molecule has 0 aliphatic carbocycles. The van der Waals surface area contributed by atoms with Crippen molar-refractivity contribution >= 4 is 38.9 Å². The van der Waals surface area contributed by atoms with E-state index < -0.39 is 10.0 Å². The molecule has 0 saturated heterocycles. The van der Waals surface area contributed by atoms with E-state index >= 15 is 0 Å². The number of amides is 1. The number of carbonyl (C=O) groups is 1. The Morgan fingerprint density at radius 2 is 1.59 bits per heavy atom. The van der Waals surface area contributed by atoms with E-state index in [0.29, 0.717) is 11.3 Å². The van der Waals surface area contributed by atoms with Crippen LogP contribution in [-0.2, 0) is 10.0 Å². The number of anilines is 2. The van der Waals surface area contributed by atoms with E-state index in [1.807, 2.05) is 25.1 Å². The first-order valence-electron chi connectivity index (χ1n) is 8.10. The topological polar surface area (TPSA) is 75.3 Å². The van der Waals surface area contributed by atoms with Crippen molar-refractivity contribution in [3.05, 3.63) is 88.9 Å². The van der Waals surface area contributed by atoms with E-state index in [4.69, 9.17) is 11.6 Å². The molecule has 0 saturated carbocycles. The van der Waals surface area contributed by atoms with Gasteiger partial charge in [-0.1, -0.05) is 47.5 Å². The Morgan fingerprint density at radius 3 is 2.22 bits per heavy atom. The molecular formula is C20H17ClN2O3S. The van der Waals surface area contributed by atoms with Crippen molar-refractivity contribution in [1.29, 1.82) is 0 Å². The molecule has 2 N–H and O–H groups in total. The fourth-order valence-electron chi connectivity index (χ4n) is 2.38. The van der Waals surface area contributed by atoms with Crippen LogP contribution in [0.1, 0.15) is 15.9 Å². The normalized spacial score (nSPS) is 11.0. The molecule has 3 rings (SSSR count). The highest BCUT2D eigenvalue weighted by Gasteiger charge is 2.17. The molecule has 138 valence electrons. The molecule has 0 aliphatic rings. The summed E-state index contributed by atoms with van der Waals surface area (Å²) in [6.07, 6.45) is 0. The smallest absolute Gasteiger partial charge is 0.261 e. The summed E-state index contributed by atoms with van der Waals surface area (Å²) in [6.45, 7) is 1.87. The standard InChI is InChI=1S/C20H17ClN2O3S/c1-14-7-10-17(11-8-14)27(25,26)23-19-12-9-15(13-18(19)21)20(24)22-16-5-3-2-4-6-16/h2-13,23H,1H3,(H,22,24). The summed E-state index contributed by atoms with van der Waals surface area (Å²) >= 11 is 6.19. The minimum Gasteiger partial charge on any atom is -0.322 e. The lowest BCUT2D eigenvalue weighted by atomic mass is 10.2. The zero-order valence-electron chi connectivity index (χ0n) is 14.4. The molecule has 3 aromatic rings. The van der Waals surface area contributed by atoms with E-state index in [2.05, 4.69) is 10.0 Å². The summed E-state index contributed by atoms with van der Waals surface area (Å²) in [5.41, 5.74) is 2.14. The third-order valence-corrected chi connectivity index (χ3v) is 5.53. The molecular weight excluding hydrogens is 384 g/mol. The van der Waals surface area contributed by atoms with Gasteiger partial charge in [0.25, 0.3) is 15.9 Å². The van der Waals surface area contributed by atoms with Crippen LogP contribution in [0.4, 0.5) is 11.4 Å². The first-order chi connectivity index (χ1) is 12.8. The Kier molecular flexibility index (Phi) is 5.48. The SMILES string of the molecule is Cc1ccc(S(=O)(=O)Nc2ccc(C(=O)Nc3ccccc3)cc2Cl)cc1. The zero-order chi connectivity index (χ0) is 19.4. The number of hydrogen-bond donors (Lipinski definition) is 2. The Hall–Kier alpha value is -2.83. The Morgan fingerprint density at radius 1 is 0.926 bits per heavy atom. The number of carbonyl (C=O) groups excluding carboxylic acids is 1. The van der Waals surface area contributed by atoms with Gasteiger partial charge in [-0.25, -0.2) is 8.42 Å². The first kappa shape index (κ1) is 18.9. The third-order valence-electron chi connectivity index (χ3n) is 3.84. The Bertz CT molecular complexity index is 1070. The average molecular weight is 401 g/mol. The number of para-hydroxylation sites is 1. The van der Waals surface area contributed by atoms with E-state index in [1.54, 1.807) is 24.3 Å². The van der Waals surface area contributed by atoms with Gasteiger partial charge in [0.15, 0.2) is 0 Å². The largest absolute Gasteiger partial charge is 0.322 e. The second kappa shape index (κ2) is 7.82. The van der Waals surface area contributed by atoms with Gasteiger partial charge in [-0.15, -0.1) is 0 Å². The molecule has 0 atom stereocenters. The maximum atomic E-state index is 12.5. The molecule has 0 fully saturated rings. The molecule has 0 bridgehead atoms. The predicted molar refractivity (Wildman–Crippen MR) is 108 cm³/mol. The number of rotatable bonds is 5. The van der Waals surface area contributed by atoms with Crippen LogP contribution in [-0.4, -0.2) is 14.3 Å². The van der Waals surface area contributed by atoms with Crippen molar-refractivity contribution in [3.63, 3.8) is 0 Å². The predicted octanol–water partition coefficient (Wildman–Crippen LogP) is 4.70. The summed E-state index contributed by atoms with van der Waals surface area (Å²) in [5, 5.41) is 2.88. The number of benzene rings is 3. The fraction of sp³-hybridized carbons (Fsp3) is 0.0500. The van der Waals surface area contributed by atoms with E-state index in [-0.39, 0.29) is 21.5 Å². The molecule has 0 aromatic heterocycles. The summed E-state index contributed by atoms with van der Waals surface area (Å²) in [7, 11) is -3.77. The molecule has 0 heterocycles. The molecule has 0 spiro atoms. The van der Waals surface area contributed by atoms with E-state index in [9.17, 15) is 13.2 Å². The first-order valence-corrected chi connectivity index (χ1v) is 9.97. The molecule has 5 nitrogen and oxygen atoms in total. The average Bonchev–Trinajstić information content (AvgIpc) is 2.64. The van der Waals surface area contributed by atoms with E-state index in [1.165, 1.54) is 30.3 Å². The maximum Gasteiger partial charge on any atom is 0.261 e. The highest BCUT2D eigenvalue weighted by Crippen LogP contribution is 2.26. The highest BCUT2D eigenvalue weighted by atomic mass is 35.5. The fourth-order valence-corrected chi connectivity index (χ4v) is 3.75. The Labute approximate surface area is 163 Å². The van der Waals surface area contributed by atoms with Crippen LogP contribution in [0.15, 0.2) is 77.7 Å².